The first kappa shape index (κ1) is 13.9. The smallest absolute Gasteiger partial charge is 0.328 e. The van der Waals surface area contributed by atoms with Crippen molar-refractivity contribution in [2.45, 2.75) is 0 Å². The van der Waals surface area contributed by atoms with Crippen LogP contribution in [0.3, 0.4) is 0 Å². The normalized spacial score (nSPS) is 10.9. The standard InChI is InChI=1S/C15H9F3O2/c16-11-5-1-3-9(7-8-13(19)20)14(11)10-4-2-6-12(17)15(10)18/h1-8H,(H,19,20)/b8-7-. The number of rotatable bonds is 3. The third kappa shape index (κ3) is 2.71. The molecular formula is C15H9F3O2. The molecular weight excluding hydrogens is 269 g/mol. The number of benzene rings is 2. The Labute approximate surface area is 112 Å². The molecule has 0 amide bonds. The molecule has 2 nitrogen and oxygen atoms in total. The van der Waals surface area contributed by atoms with Gasteiger partial charge in [-0.05, 0) is 23.8 Å². The third-order valence-corrected chi connectivity index (χ3v) is 2.67. The highest BCUT2D eigenvalue weighted by atomic mass is 19.2. The van der Waals surface area contributed by atoms with Gasteiger partial charge in [-0.3, -0.25) is 0 Å². The zero-order valence-corrected chi connectivity index (χ0v) is 10.1. The van der Waals surface area contributed by atoms with Crippen molar-refractivity contribution in [3.8, 4) is 11.1 Å². The molecule has 0 aromatic heterocycles. The van der Waals surface area contributed by atoms with Crippen LogP contribution in [0.25, 0.3) is 17.2 Å². The zero-order chi connectivity index (χ0) is 14.7. The number of hydrogen-bond acceptors (Lipinski definition) is 1. The van der Waals surface area contributed by atoms with E-state index in [-0.39, 0.29) is 16.7 Å². The Balaban J connectivity index is 2.67. The number of carboxylic acid groups (broad SMARTS) is 1. The van der Waals surface area contributed by atoms with Gasteiger partial charge in [0.1, 0.15) is 5.82 Å². The van der Waals surface area contributed by atoms with Crippen molar-refractivity contribution in [2.75, 3.05) is 0 Å². The van der Waals surface area contributed by atoms with Gasteiger partial charge in [-0.25, -0.2) is 18.0 Å². The lowest BCUT2D eigenvalue weighted by Crippen LogP contribution is -1.95. The van der Waals surface area contributed by atoms with Crippen molar-refractivity contribution in [1.82, 2.24) is 0 Å². The summed E-state index contributed by atoms with van der Waals surface area (Å²) < 4.78 is 40.9. The molecule has 5 heteroatoms. The van der Waals surface area contributed by atoms with Crippen molar-refractivity contribution >= 4 is 12.0 Å². The van der Waals surface area contributed by atoms with Crippen LogP contribution in [0.2, 0.25) is 0 Å². The molecule has 0 heterocycles. The Kier molecular flexibility index (Phi) is 3.89. The van der Waals surface area contributed by atoms with Crippen LogP contribution in [0, 0.1) is 17.5 Å². The Hall–Kier alpha value is -2.56. The molecule has 0 aliphatic rings. The highest BCUT2D eigenvalue weighted by Gasteiger charge is 2.16. The lowest BCUT2D eigenvalue weighted by atomic mass is 9.98. The summed E-state index contributed by atoms with van der Waals surface area (Å²) in [6, 6.07) is 7.28. The van der Waals surface area contributed by atoms with Gasteiger partial charge in [0.05, 0.1) is 0 Å². The molecule has 20 heavy (non-hydrogen) atoms. The summed E-state index contributed by atoms with van der Waals surface area (Å²) in [6.45, 7) is 0. The van der Waals surface area contributed by atoms with Gasteiger partial charge in [0.2, 0.25) is 0 Å². The van der Waals surface area contributed by atoms with Gasteiger partial charge in [0.15, 0.2) is 11.6 Å². The predicted octanol–water partition coefficient (Wildman–Crippen LogP) is 3.87. The average Bonchev–Trinajstić information content (AvgIpc) is 2.40. The van der Waals surface area contributed by atoms with E-state index in [0.717, 1.165) is 24.3 Å². The van der Waals surface area contributed by atoms with Gasteiger partial charge in [-0.2, -0.15) is 0 Å². The fraction of sp³-hybridized carbons (Fsp3) is 0. The van der Waals surface area contributed by atoms with E-state index < -0.39 is 23.4 Å². The molecule has 0 saturated heterocycles. The van der Waals surface area contributed by atoms with Crippen molar-refractivity contribution in [1.29, 1.82) is 0 Å². The van der Waals surface area contributed by atoms with E-state index in [1.54, 1.807) is 0 Å². The molecule has 2 aromatic rings. The quantitative estimate of drug-likeness (QED) is 0.865. The Morgan fingerprint density at radius 3 is 2.35 bits per heavy atom. The maximum Gasteiger partial charge on any atom is 0.328 e. The fourth-order valence-corrected chi connectivity index (χ4v) is 1.82. The van der Waals surface area contributed by atoms with Gasteiger partial charge in [0, 0.05) is 17.2 Å². The minimum atomic E-state index is -1.22. The SMILES string of the molecule is O=C(O)/C=C\c1cccc(F)c1-c1cccc(F)c1F. The Morgan fingerprint density at radius 2 is 1.65 bits per heavy atom. The van der Waals surface area contributed by atoms with Gasteiger partial charge in [-0.1, -0.05) is 24.3 Å². The molecule has 0 bridgehead atoms. The van der Waals surface area contributed by atoms with Gasteiger partial charge >= 0.3 is 5.97 Å². The summed E-state index contributed by atoms with van der Waals surface area (Å²) in [5, 5.41) is 8.59. The highest BCUT2D eigenvalue weighted by molar-refractivity contribution is 5.88. The lowest BCUT2D eigenvalue weighted by molar-refractivity contribution is -0.131. The number of halogens is 3. The predicted molar refractivity (Wildman–Crippen MR) is 68.4 cm³/mol. The van der Waals surface area contributed by atoms with E-state index in [9.17, 15) is 18.0 Å². The topological polar surface area (TPSA) is 37.3 Å². The molecule has 2 rings (SSSR count). The van der Waals surface area contributed by atoms with Crippen LogP contribution in [0.15, 0.2) is 42.5 Å². The second kappa shape index (κ2) is 5.61. The molecule has 102 valence electrons. The number of carbonyl (C=O) groups is 1. The molecule has 0 radical (unpaired) electrons. The van der Waals surface area contributed by atoms with Crippen molar-refractivity contribution in [2.24, 2.45) is 0 Å². The van der Waals surface area contributed by atoms with E-state index in [0.29, 0.717) is 0 Å². The summed E-state index contributed by atoms with van der Waals surface area (Å²) in [7, 11) is 0. The van der Waals surface area contributed by atoms with Crippen LogP contribution in [0.4, 0.5) is 13.2 Å². The van der Waals surface area contributed by atoms with E-state index >= 15 is 0 Å². The molecule has 0 saturated carbocycles. The fourth-order valence-electron chi connectivity index (χ4n) is 1.82. The minimum absolute atomic E-state index is 0.150. The first-order valence-corrected chi connectivity index (χ1v) is 5.64. The molecule has 0 spiro atoms. The second-order valence-electron chi connectivity index (χ2n) is 3.98. The van der Waals surface area contributed by atoms with Gasteiger partial charge in [-0.15, -0.1) is 0 Å². The Morgan fingerprint density at radius 1 is 1.00 bits per heavy atom. The molecule has 2 aromatic carbocycles. The molecule has 0 aliphatic carbocycles. The minimum Gasteiger partial charge on any atom is -0.478 e. The van der Waals surface area contributed by atoms with Crippen LogP contribution < -0.4 is 0 Å². The summed E-state index contributed by atoms with van der Waals surface area (Å²) in [5.74, 6) is -4.26. The van der Waals surface area contributed by atoms with Crippen LogP contribution >= 0.6 is 0 Å². The summed E-state index contributed by atoms with van der Waals surface area (Å²) in [5.41, 5.74) is -0.285. The summed E-state index contributed by atoms with van der Waals surface area (Å²) in [4.78, 5) is 10.5. The third-order valence-electron chi connectivity index (χ3n) is 2.67. The maximum absolute atomic E-state index is 13.9. The van der Waals surface area contributed by atoms with E-state index in [2.05, 4.69) is 0 Å². The van der Waals surface area contributed by atoms with Crippen LogP contribution in [0.5, 0.6) is 0 Å². The molecule has 0 unspecified atom stereocenters. The number of carboxylic acids is 1. The van der Waals surface area contributed by atoms with E-state index in [1.807, 2.05) is 0 Å². The lowest BCUT2D eigenvalue weighted by Gasteiger charge is -2.09. The van der Waals surface area contributed by atoms with Crippen LogP contribution in [-0.4, -0.2) is 11.1 Å². The van der Waals surface area contributed by atoms with Crippen molar-refractivity contribution in [3.63, 3.8) is 0 Å². The van der Waals surface area contributed by atoms with Crippen LogP contribution in [0.1, 0.15) is 5.56 Å². The maximum atomic E-state index is 13.9. The van der Waals surface area contributed by atoms with Gasteiger partial charge < -0.3 is 5.11 Å². The number of aliphatic carboxylic acids is 1. The monoisotopic (exact) mass is 278 g/mol. The largest absolute Gasteiger partial charge is 0.478 e. The number of hydrogen-bond donors (Lipinski definition) is 1. The molecule has 0 fully saturated rings. The van der Waals surface area contributed by atoms with E-state index in [4.69, 9.17) is 5.11 Å². The molecule has 0 aliphatic heterocycles. The highest BCUT2D eigenvalue weighted by Crippen LogP contribution is 2.30. The Bertz CT molecular complexity index is 694. The van der Waals surface area contributed by atoms with Gasteiger partial charge in [0.25, 0.3) is 0 Å². The summed E-state index contributed by atoms with van der Waals surface area (Å²) in [6.07, 6.45) is 1.93. The first-order chi connectivity index (χ1) is 9.50. The second-order valence-corrected chi connectivity index (χ2v) is 3.98. The average molecular weight is 278 g/mol. The first-order valence-electron chi connectivity index (χ1n) is 5.64. The summed E-state index contributed by atoms with van der Waals surface area (Å²) >= 11 is 0. The zero-order valence-electron chi connectivity index (χ0n) is 10.1. The van der Waals surface area contributed by atoms with Crippen LogP contribution in [-0.2, 0) is 4.79 Å². The molecule has 1 N–H and O–H groups in total. The molecule has 0 atom stereocenters. The van der Waals surface area contributed by atoms with Crippen molar-refractivity contribution in [3.05, 3.63) is 65.5 Å². The van der Waals surface area contributed by atoms with Crippen molar-refractivity contribution < 1.29 is 23.1 Å². The van der Waals surface area contributed by atoms with E-state index in [1.165, 1.54) is 24.3 Å².